The maximum absolute atomic E-state index is 9.77. The summed E-state index contributed by atoms with van der Waals surface area (Å²) in [6.07, 6.45) is -4.16. The van der Waals surface area contributed by atoms with Crippen molar-refractivity contribution in [3.63, 3.8) is 0 Å². The summed E-state index contributed by atoms with van der Waals surface area (Å²) in [6.45, 7) is -0.129. The minimum Gasteiger partial charge on any atom is -0.394 e. The van der Waals surface area contributed by atoms with Crippen LogP contribution in [0.4, 0.5) is 0 Å². The highest BCUT2D eigenvalue weighted by molar-refractivity contribution is 5.13. The molecule has 6 nitrogen and oxygen atoms in total. The van der Waals surface area contributed by atoms with Gasteiger partial charge in [0, 0.05) is 0 Å². The third kappa shape index (κ3) is 3.30. The Morgan fingerprint density at radius 2 is 1.84 bits per heavy atom. The standard InChI is InChI=1S/C13H19NO5/c14-10-12(17)11(16)9(6-15)19-13(10)18-7-8-4-2-1-3-5-8/h1-5,9-13,15-17H,6-7,14H2/t9-,10+,11-,12-,13+/m1/s1. The van der Waals surface area contributed by atoms with Crippen molar-refractivity contribution < 1.29 is 24.8 Å². The number of aliphatic hydroxyl groups excluding tert-OH is 3. The van der Waals surface area contributed by atoms with Crippen molar-refractivity contribution in [1.29, 1.82) is 0 Å². The van der Waals surface area contributed by atoms with E-state index in [-0.39, 0.29) is 6.61 Å². The van der Waals surface area contributed by atoms with Crippen molar-refractivity contribution in [2.75, 3.05) is 6.61 Å². The highest BCUT2D eigenvalue weighted by Crippen LogP contribution is 2.21. The zero-order valence-corrected chi connectivity index (χ0v) is 10.4. The summed E-state index contributed by atoms with van der Waals surface area (Å²) in [4.78, 5) is 0. The van der Waals surface area contributed by atoms with E-state index >= 15 is 0 Å². The zero-order valence-electron chi connectivity index (χ0n) is 10.4. The van der Waals surface area contributed by atoms with E-state index in [0.29, 0.717) is 0 Å². The van der Waals surface area contributed by atoms with Crippen LogP contribution in [-0.4, -0.2) is 52.6 Å². The van der Waals surface area contributed by atoms with Crippen LogP contribution in [0.2, 0.25) is 0 Å². The number of hydrogen-bond donors (Lipinski definition) is 4. The fraction of sp³-hybridized carbons (Fsp3) is 0.538. The SMILES string of the molecule is N[C@@H]1[C@@H](OCc2ccccc2)O[C@H](CO)[C@@H](O)[C@@H]1O. The molecule has 0 bridgehead atoms. The number of ether oxygens (including phenoxy) is 2. The molecule has 2 rings (SSSR count). The molecule has 1 fully saturated rings. The Kier molecular flexibility index (Phi) is 4.87. The Morgan fingerprint density at radius 3 is 2.47 bits per heavy atom. The number of hydrogen-bond acceptors (Lipinski definition) is 6. The highest BCUT2D eigenvalue weighted by atomic mass is 16.7. The molecule has 0 aliphatic carbocycles. The van der Waals surface area contributed by atoms with Gasteiger partial charge in [0.25, 0.3) is 0 Å². The smallest absolute Gasteiger partial charge is 0.176 e. The van der Waals surface area contributed by atoms with Gasteiger partial charge in [-0.15, -0.1) is 0 Å². The van der Waals surface area contributed by atoms with Crippen molar-refractivity contribution in [3.05, 3.63) is 35.9 Å². The average molecular weight is 269 g/mol. The second-order valence-corrected chi connectivity index (χ2v) is 4.58. The molecule has 0 amide bonds. The monoisotopic (exact) mass is 269 g/mol. The highest BCUT2D eigenvalue weighted by Gasteiger charge is 2.42. The van der Waals surface area contributed by atoms with Gasteiger partial charge in [0.2, 0.25) is 0 Å². The molecule has 0 saturated carbocycles. The van der Waals surface area contributed by atoms with Gasteiger partial charge in [0.05, 0.1) is 19.3 Å². The van der Waals surface area contributed by atoms with Crippen molar-refractivity contribution in [2.45, 2.75) is 37.3 Å². The van der Waals surface area contributed by atoms with Crippen LogP contribution in [-0.2, 0) is 16.1 Å². The van der Waals surface area contributed by atoms with Gasteiger partial charge in [-0.1, -0.05) is 30.3 Å². The minimum absolute atomic E-state index is 0.278. The van der Waals surface area contributed by atoms with Gasteiger partial charge in [-0.3, -0.25) is 0 Å². The first kappa shape index (κ1) is 14.4. The molecule has 5 atom stereocenters. The molecule has 1 aromatic rings. The van der Waals surface area contributed by atoms with Crippen LogP contribution in [0.1, 0.15) is 5.56 Å². The maximum Gasteiger partial charge on any atom is 0.176 e. The van der Waals surface area contributed by atoms with E-state index in [4.69, 9.17) is 20.3 Å². The van der Waals surface area contributed by atoms with E-state index in [0.717, 1.165) is 5.56 Å². The van der Waals surface area contributed by atoms with Crippen LogP contribution in [0.5, 0.6) is 0 Å². The second-order valence-electron chi connectivity index (χ2n) is 4.58. The van der Waals surface area contributed by atoms with E-state index in [9.17, 15) is 10.2 Å². The molecule has 106 valence electrons. The molecule has 0 aromatic heterocycles. The van der Waals surface area contributed by atoms with E-state index in [1.54, 1.807) is 0 Å². The second kappa shape index (κ2) is 6.42. The third-order valence-electron chi connectivity index (χ3n) is 3.19. The molecule has 0 unspecified atom stereocenters. The molecular weight excluding hydrogens is 250 g/mol. The van der Waals surface area contributed by atoms with E-state index in [1.807, 2.05) is 30.3 Å². The van der Waals surface area contributed by atoms with Crippen molar-refractivity contribution in [1.82, 2.24) is 0 Å². The molecule has 0 spiro atoms. The molecular formula is C13H19NO5. The summed E-state index contributed by atoms with van der Waals surface area (Å²) in [5.41, 5.74) is 6.70. The van der Waals surface area contributed by atoms with Crippen molar-refractivity contribution >= 4 is 0 Å². The summed E-state index contributed by atoms with van der Waals surface area (Å²) in [7, 11) is 0. The van der Waals surface area contributed by atoms with Gasteiger partial charge in [-0.05, 0) is 5.56 Å². The van der Waals surface area contributed by atoms with Crippen LogP contribution < -0.4 is 5.73 Å². The Balaban J connectivity index is 1.95. The number of benzene rings is 1. The Labute approximate surface area is 111 Å². The summed E-state index contributed by atoms with van der Waals surface area (Å²) < 4.78 is 10.8. The molecule has 5 N–H and O–H groups in total. The molecule has 0 radical (unpaired) electrons. The molecule has 1 heterocycles. The number of nitrogens with two attached hydrogens (primary N) is 1. The molecule has 1 aromatic carbocycles. The fourth-order valence-corrected chi connectivity index (χ4v) is 2.01. The first-order valence-corrected chi connectivity index (χ1v) is 6.17. The van der Waals surface area contributed by atoms with Gasteiger partial charge in [-0.2, -0.15) is 0 Å². The normalized spacial score (nSPS) is 35.3. The van der Waals surface area contributed by atoms with Crippen LogP contribution in [0.25, 0.3) is 0 Å². The average Bonchev–Trinajstić information content (AvgIpc) is 2.45. The first-order chi connectivity index (χ1) is 9.13. The van der Waals surface area contributed by atoms with Gasteiger partial charge < -0.3 is 30.5 Å². The predicted molar refractivity (Wildman–Crippen MR) is 67.0 cm³/mol. The number of rotatable bonds is 4. The summed E-state index contributed by atoms with van der Waals surface area (Å²) in [5, 5.41) is 28.5. The fourth-order valence-electron chi connectivity index (χ4n) is 2.01. The van der Waals surface area contributed by atoms with Crippen LogP contribution in [0, 0.1) is 0 Å². The van der Waals surface area contributed by atoms with Gasteiger partial charge in [0.15, 0.2) is 6.29 Å². The Morgan fingerprint density at radius 1 is 1.16 bits per heavy atom. The molecule has 1 aliphatic heterocycles. The Hall–Kier alpha value is -1.02. The van der Waals surface area contributed by atoms with Crippen LogP contribution in [0.15, 0.2) is 30.3 Å². The van der Waals surface area contributed by atoms with Gasteiger partial charge >= 0.3 is 0 Å². The lowest BCUT2D eigenvalue weighted by Gasteiger charge is -2.40. The van der Waals surface area contributed by atoms with Gasteiger partial charge in [0.1, 0.15) is 18.3 Å². The predicted octanol–water partition coefficient (Wildman–Crippen LogP) is -1.03. The van der Waals surface area contributed by atoms with Crippen LogP contribution >= 0.6 is 0 Å². The summed E-state index contributed by atoms with van der Waals surface area (Å²) >= 11 is 0. The van der Waals surface area contributed by atoms with E-state index in [2.05, 4.69) is 0 Å². The topological polar surface area (TPSA) is 105 Å². The van der Waals surface area contributed by atoms with Crippen molar-refractivity contribution in [3.8, 4) is 0 Å². The van der Waals surface area contributed by atoms with E-state index in [1.165, 1.54) is 0 Å². The quantitative estimate of drug-likeness (QED) is 0.557. The minimum atomic E-state index is -1.21. The molecule has 6 heteroatoms. The maximum atomic E-state index is 9.77. The first-order valence-electron chi connectivity index (χ1n) is 6.17. The zero-order chi connectivity index (χ0) is 13.8. The van der Waals surface area contributed by atoms with E-state index < -0.39 is 37.3 Å². The Bertz CT molecular complexity index is 386. The lowest BCUT2D eigenvalue weighted by molar-refractivity contribution is -0.269. The molecule has 19 heavy (non-hydrogen) atoms. The lowest BCUT2D eigenvalue weighted by atomic mass is 9.98. The molecule has 1 aliphatic rings. The summed E-state index contributed by atoms with van der Waals surface area (Å²) in [6, 6.07) is 8.59. The lowest BCUT2D eigenvalue weighted by Crippen LogP contribution is -2.62. The summed E-state index contributed by atoms with van der Waals surface area (Å²) in [5.74, 6) is 0. The van der Waals surface area contributed by atoms with Crippen molar-refractivity contribution in [2.24, 2.45) is 5.73 Å². The third-order valence-corrected chi connectivity index (χ3v) is 3.19. The molecule has 1 saturated heterocycles. The largest absolute Gasteiger partial charge is 0.394 e. The van der Waals surface area contributed by atoms with Crippen LogP contribution in [0.3, 0.4) is 0 Å². The van der Waals surface area contributed by atoms with Gasteiger partial charge in [-0.25, -0.2) is 0 Å². The number of aliphatic hydroxyl groups is 3.